The highest BCUT2D eigenvalue weighted by Gasteiger charge is 2.14. The van der Waals surface area contributed by atoms with E-state index in [0.29, 0.717) is 25.3 Å². The minimum atomic E-state index is -0.0806. The molecule has 150 valence electrons. The van der Waals surface area contributed by atoms with Crippen molar-refractivity contribution in [1.82, 2.24) is 20.2 Å². The van der Waals surface area contributed by atoms with Crippen molar-refractivity contribution in [2.45, 2.75) is 19.5 Å². The van der Waals surface area contributed by atoms with Crippen LogP contribution < -0.4 is 10.6 Å². The van der Waals surface area contributed by atoms with Gasteiger partial charge in [-0.1, -0.05) is 36.4 Å². The van der Waals surface area contributed by atoms with Crippen LogP contribution in [0.15, 0.2) is 55.0 Å². The van der Waals surface area contributed by atoms with Crippen LogP contribution in [0.4, 0.5) is 0 Å². The molecule has 2 aromatic carbocycles. The summed E-state index contributed by atoms with van der Waals surface area (Å²) in [4.78, 5) is 17.2. The molecule has 0 bridgehead atoms. The van der Waals surface area contributed by atoms with Gasteiger partial charge in [-0.05, 0) is 40.9 Å². The van der Waals surface area contributed by atoms with Crippen LogP contribution in [-0.2, 0) is 17.8 Å². The van der Waals surface area contributed by atoms with Crippen LogP contribution >= 0.6 is 0 Å². The average Bonchev–Trinajstić information content (AvgIpc) is 3.23. The maximum absolute atomic E-state index is 13.0. The van der Waals surface area contributed by atoms with E-state index in [9.17, 15) is 4.79 Å². The van der Waals surface area contributed by atoms with Gasteiger partial charge < -0.3 is 19.9 Å². The van der Waals surface area contributed by atoms with E-state index in [1.165, 1.54) is 11.1 Å². The summed E-state index contributed by atoms with van der Waals surface area (Å²) < 4.78 is 7.12. The normalized spacial score (nSPS) is 14.0. The highest BCUT2D eigenvalue weighted by Crippen LogP contribution is 2.28. The number of benzene rings is 2. The maximum atomic E-state index is 13.0. The number of rotatable bonds is 7. The molecule has 1 aliphatic heterocycles. The zero-order valence-electron chi connectivity index (χ0n) is 16.6. The Morgan fingerprint density at radius 1 is 1.24 bits per heavy atom. The molecule has 0 spiro atoms. The molecular weight excluding hydrogens is 364 g/mol. The number of nitrogens with zero attached hydrogens (tertiary/aromatic N) is 2. The Kier molecular flexibility index (Phi) is 6.03. The summed E-state index contributed by atoms with van der Waals surface area (Å²) in [5.74, 6) is -0.0806. The fourth-order valence-corrected chi connectivity index (χ4v) is 3.79. The van der Waals surface area contributed by atoms with Gasteiger partial charge in [-0.2, -0.15) is 0 Å². The zero-order chi connectivity index (χ0) is 20.1. The highest BCUT2D eigenvalue weighted by atomic mass is 16.5. The molecule has 6 heteroatoms. The molecule has 6 nitrogen and oxygen atoms in total. The van der Waals surface area contributed by atoms with E-state index in [1.54, 1.807) is 19.6 Å². The van der Waals surface area contributed by atoms with Crippen LogP contribution in [0.1, 0.15) is 28.0 Å². The van der Waals surface area contributed by atoms with Gasteiger partial charge in [-0.3, -0.25) is 4.79 Å². The molecule has 3 aromatic rings. The Hall–Kier alpha value is -2.96. The average molecular weight is 390 g/mol. The number of amides is 1. The highest BCUT2D eigenvalue weighted by molar-refractivity contribution is 6.09. The summed E-state index contributed by atoms with van der Waals surface area (Å²) in [5.41, 5.74) is 4.13. The van der Waals surface area contributed by atoms with Crippen LogP contribution in [0.25, 0.3) is 16.3 Å². The molecule has 0 radical (unpaired) electrons. The van der Waals surface area contributed by atoms with Gasteiger partial charge >= 0.3 is 0 Å². The van der Waals surface area contributed by atoms with Gasteiger partial charge in [0.15, 0.2) is 0 Å². The van der Waals surface area contributed by atoms with Gasteiger partial charge in [0.1, 0.15) is 0 Å². The molecule has 4 rings (SSSR count). The molecule has 0 saturated carbocycles. The molecule has 0 fully saturated rings. The molecule has 2 N–H and O–H groups in total. The second kappa shape index (κ2) is 9.03. The SMILES string of the molecule is COCCn1cncc1CNC(=O)c1cccc2c(C3=CCCNC3)cccc12. The van der Waals surface area contributed by atoms with Crippen molar-refractivity contribution in [3.8, 4) is 0 Å². The molecule has 1 aromatic heterocycles. The Morgan fingerprint density at radius 3 is 2.93 bits per heavy atom. The standard InChI is InChI=1S/C23H26N4O2/c1-29-12-11-27-16-25-14-18(27)15-26-23(28)22-9-3-7-20-19(6-2-8-21(20)22)17-5-4-10-24-13-17/h2-3,5-9,14,16,24H,4,10-13,15H2,1H3,(H,26,28). The summed E-state index contributed by atoms with van der Waals surface area (Å²) in [6.07, 6.45) is 6.86. The van der Waals surface area contributed by atoms with Gasteiger partial charge in [0.2, 0.25) is 0 Å². The van der Waals surface area contributed by atoms with Crippen molar-refractivity contribution < 1.29 is 9.53 Å². The quantitative estimate of drug-likeness (QED) is 0.651. The van der Waals surface area contributed by atoms with Crippen LogP contribution in [0, 0.1) is 0 Å². The smallest absolute Gasteiger partial charge is 0.252 e. The molecule has 0 atom stereocenters. The van der Waals surface area contributed by atoms with Crippen molar-refractivity contribution in [2.75, 3.05) is 26.8 Å². The first-order chi connectivity index (χ1) is 14.3. The van der Waals surface area contributed by atoms with Gasteiger partial charge in [0, 0.05) is 32.0 Å². The molecular formula is C23H26N4O2. The minimum Gasteiger partial charge on any atom is -0.383 e. The first kappa shape index (κ1) is 19.4. The van der Waals surface area contributed by atoms with Crippen molar-refractivity contribution in [3.63, 3.8) is 0 Å². The topological polar surface area (TPSA) is 68.2 Å². The second-order valence-corrected chi connectivity index (χ2v) is 7.15. The lowest BCUT2D eigenvalue weighted by Crippen LogP contribution is -2.25. The maximum Gasteiger partial charge on any atom is 0.252 e. The van der Waals surface area contributed by atoms with E-state index in [-0.39, 0.29) is 5.91 Å². The second-order valence-electron chi connectivity index (χ2n) is 7.15. The number of carbonyl (C=O) groups is 1. The molecule has 0 aliphatic carbocycles. The van der Waals surface area contributed by atoms with E-state index < -0.39 is 0 Å². The Balaban J connectivity index is 1.57. The first-order valence-corrected chi connectivity index (χ1v) is 9.96. The largest absolute Gasteiger partial charge is 0.383 e. The summed E-state index contributed by atoms with van der Waals surface area (Å²) >= 11 is 0. The zero-order valence-corrected chi connectivity index (χ0v) is 16.6. The van der Waals surface area contributed by atoms with E-state index in [2.05, 4.69) is 33.8 Å². The third kappa shape index (κ3) is 4.23. The van der Waals surface area contributed by atoms with E-state index in [0.717, 1.165) is 36.0 Å². The number of methoxy groups -OCH3 is 1. The van der Waals surface area contributed by atoms with Crippen molar-refractivity contribution in [3.05, 3.63) is 71.8 Å². The first-order valence-electron chi connectivity index (χ1n) is 9.96. The molecule has 2 heterocycles. The van der Waals surface area contributed by atoms with Crippen LogP contribution in [-0.4, -0.2) is 42.3 Å². The van der Waals surface area contributed by atoms with Crippen molar-refractivity contribution >= 4 is 22.3 Å². The number of fused-ring (bicyclic) bond motifs is 1. The van der Waals surface area contributed by atoms with Gasteiger partial charge in [-0.15, -0.1) is 0 Å². The van der Waals surface area contributed by atoms with Gasteiger partial charge in [0.05, 0.1) is 25.2 Å². The van der Waals surface area contributed by atoms with Gasteiger partial charge in [-0.25, -0.2) is 4.98 Å². The summed E-state index contributed by atoms with van der Waals surface area (Å²) in [5, 5.41) is 8.55. The Bertz CT molecular complexity index is 1040. The number of aromatic nitrogens is 2. The number of ether oxygens (including phenoxy) is 1. The lowest BCUT2D eigenvalue weighted by atomic mass is 9.94. The molecule has 0 unspecified atom stereocenters. The fraction of sp³-hybridized carbons (Fsp3) is 0.304. The summed E-state index contributed by atoms with van der Waals surface area (Å²) in [7, 11) is 1.67. The number of hydrogen-bond donors (Lipinski definition) is 2. The minimum absolute atomic E-state index is 0.0806. The van der Waals surface area contributed by atoms with Crippen molar-refractivity contribution in [1.29, 1.82) is 0 Å². The lowest BCUT2D eigenvalue weighted by Gasteiger charge is -2.17. The predicted molar refractivity (Wildman–Crippen MR) is 115 cm³/mol. The number of hydrogen-bond acceptors (Lipinski definition) is 4. The monoisotopic (exact) mass is 390 g/mol. The number of nitrogens with one attached hydrogen (secondary N) is 2. The van der Waals surface area contributed by atoms with Crippen LogP contribution in [0.3, 0.4) is 0 Å². The number of carbonyl (C=O) groups excluding carboxylic acids is 1. The number of imidazole rings is 1. The Morgan fingerprint density at radius 2 is 2.10 bits per heavy atom. The van der Waals surface area contributed by atoms with E-state index in [1.807, 2.05) is 28.8 Å². The summed E-state index contributed by atoms with van der Waals surface area (Å²) in [6.45, 7) is 3.62. The van der Waals surface area contributed by atoms with E-state index in [4.69, 9.17) is 4.74 Å². The fourth-order valence-electron chi connectivity index (χ4n) is 3.79. The molecule has 1 aliphatic rings. The summed E-state index contributed by atoms with van der Waals surface area (Å²) in [6, 6.07) is 12.1. The van der Waals surface area contributed by atoms with Crippen LogP contribution in [0.5, 0.6) is 0 Å². The molecule has 1 amide bonds. The van der Waals surface area contributed by atoms with Gasteiger partial charge in [0.25, 0.3) is 5.91 Å². The van der Waals surface area contributed by atoms with Crippen LogP contribution in [0.2, 0.25) is 0 Å². The third-order valence-corrected chi connectivity index (χ3v) is 5.30. The van der Waals surface area contributed by atoms with E-state index >= 15 is 0 Å². The lowest BCUT2D eigenvalue weighted by molar-refractivity contribution is 0.0951. The Labute approximate surface area is 170 Å². The third-order valence-electron chi connectivity index (χ3n) is 5.30. The predicted octanol–water partition coefficient (Wildman–Crippen LogP) is 2.99. The van der Waals surface area contributed by atoms with Crippen molar-refractivity contribution in [2.24, 2.45) is 0 Å². The molecule has 29 heavy (non-hydrogen) atoms. The molecule has 0 saturated heterocycles.